The van der Waals surface area contributed by atoms with E-state index >= 15 is 0 Å². The summed E-state index contributed by atoms with van der Waals surface area (Å²) in [4.78, 5) is 11.9. The molecule has 0 aliphatic carbocycles. The van der Waals surface area contributed by atoms with Crippen LogP contribution in [0.4, 0.5) is 0 Å². The first kappa shape index (κ1) is 14.4. The Kier molecular flexibility index (Phi) is 5.73. The predicted molar refractivity (Wildman–Crippen MR) is 81.2 cm³/mol. The molecule has 4 heteroatoms. The van der Waals surface area contributed by atoms with E-state index in [1.165, 1.54) is 24.2 Å². The number of amides is 1. The summed E-state index contributed by atoms with van der Waals surface area (Å²) < 4.78 is 0. The lowest BCUT2D eigenvalue weighted by Gasteiger charge is -2.14. The minimum Gasteiger partial charge on any atom is -0.354 e. The molecule has 2 rings (SSSR count). The second kappa shape index (κ2) is 7.56. The summed E-state index contributed by atoms with van der Waals surface area (Å²) in [6.07, 6.45) is 4.04. The van der Waals surface area contributed by atoms with Gasteiger partial charge in [0.15, 0.2) is 0 Å². The summed E-state index contributed by atoms with van der Waals surface area (Å²) >= 11 is 1.95. The van der Waals surface area contributed by atoms with Gasteiger partial charge in [-0.15, -0.1) is 0 Å². The van der Waals surface area contributed by atoms with E-state index in [0.29, 0.717) is 11.7 Å². The molecule has 3 N–H and O–H groups in total. The van der Waals surface area contributed by atoms with E-state index in [-0.39, 0.29) is 5.91 Å². The molecule has 1 heterocycles. The molecule has 1 aliphatic rings. The number of thioether (sulfide) groups is 1. The zero-order valence-electron chi connectivity index (χ0n) is 11.2. The van der Waals surface area contributed by atoms with Crippen LogP contribution in [0.15, 0.2) is 30.3 Å². The fraction of sp³-hybridized carbons (Fsp3) is 0.533. The Hall–Kier alpha value is -1.00. The molecular formula is C15H22N2OS. The largest absolute Gasteiger partial charge is 0.354 e. The van der Waals surface area contributed by atoms with Gasteiger partial charge in [-0.2, -0.15) is 11.8 Å². The molecule has 1 saturated heterocycles. The maximum Gasteiger partial charge on any atom is 0.236 e. The Morgan fingerprint density at radius 1 is 1.42 bits per heavy atom. The normalized spacial score (nSPS) is 20.2. The number of benzene rings is 1. The highest BCUT2D eigenvalue weighted by atomic mass is 32.2. The van der Waals surface area contributed by atoms with Crippen molar-refractivity contribution in [2.75, 3.05) is 12.3 Å². The SMILES string of the molecule is N[C@@H](CCc1ccccc1)C(=O)NCC1CCCS1. The number of carbonyl (C=O) groups is 1. The van der Waals surface area contributed by atoms with Crippen LogP contribution in [0, 0.1) is 0 Å². The maximum atomic E-state index is 11.9. The summed E-state index contributed by atoms with van der Waals surface area (Å²) in [6, 6.07) is 9.76. The van der Waals surface area contributed by atoms with E-state index in [4.69, 9.17) is 5.73 Å². The van der Waals surface area contributed by atoms with Crippen molar-refractivity contribution in [3.8, 4) is 0 Å². The van der Waals surface area contributed by atoms with Gasteiger partial charge in [-0.25, -0.2) is 0 Å². The molecule has 1 aromatic rings. The van der Waals surface area contributed by atoms with Gasteiger partial charge >= 0.3 is 0 Å². The Bertz CT molecular complexity index is 390. The van der Waals surface area contributed by atoms with Crippen LogP contribution in [-0.2, 0) is 11.2 Å². The Balaban J connectivity index is 1.67. The number of hydrogen-bond acceptors (Lipinski definition) is 3. The molecule has 1 aromatic carbocycles. The van der Waals surface area contributed by atoms with Gasteiger partial charge < -0.3 is 11.1 Å². The number of carbonyl (C=O) groups excluding carboxylic acids is 1. The van der Waals surface area contributed by atoms with Gasteiger partial charge in [0.25, 0.3) is 0 Å². The van der Waals surface area contributed by atoms with Gasteiger partial charge in [-0.1, -0.05) is 30.3 Å². The van der Waals surface area contributed by atoms with Crippen LogP contribution < -0.4 is 11.1 Å². The van der Waals surface area contributed by atoms with Crippen LogP contribution in [-0.4, -0.2) is 29.5 Å². The fourth-order valence-electron chi connectivity index (χ4n) is 2.25. The second-order valence-corrected chi connectivity index (χ2v) is 6.42. The highest BCUT2D eigenvalue weighted by Crippen LogP contribution is 2.25. The van der Waals surface area contributed by atoms with E-state index in [0.717, 1.165) is 13.0 Å². The molecule has 0 aromatic heterocycles. The van der Waals surface area contributed by atoms with Crippen molar-refractivity contribution in [2.24, 2.45) is 5.73 Å². The molecule has 3 nitrogen and oxygen atoms in total. The van der Waals surface area contributed by atoms with Crippen LogP contribution in [0.25, 0.3) is 0 Å². The third kappa shape index (κ3) is 4.88. The van der Waals surface area contributed by atoms with Crippen LogP contribution in [0.5, 0.6) is 0 Å². The molecule has 0 spiro atoms. The van der Waals surface area contributed by atoms with Gasteiger partial charge in [-0.05, 0) is 37.0 Å². The first-order valence-electron chi connectivity index (χ1n) is 6.94. The Morgan fingerprint density at radius 3 is 2.89 bits per heavy atom. The van der Waals surface area contributed by atoms with Gasteiger partial charge in [0, 0.05) is 11.8 Å². The highest BCUT2D eigenvalue weighted by molar-refractivity contribution is 8.00. The smallest absolute Gasteiger partial charge is 0.236 e. The lowest BCUT2D eigenvalue weighted by molar-refractivity contribution is -0.122. The van der Waals surface area contributed by atoms with Crippen LogP contribution in [0.1, 0.15) is 24.8 Å². The average molecular weight is 278 g/mol. The molecule has 19 heavy (non-hydrogen) atoms. The summed E-state index contributed by atoms with van der Waals surface area (Å²) in [5.41, 5.74) is 7.16. The first-order valence-corrected chi connectivity index (χ1v) is 7.99. The number of aryl methyl sites for hydroxylation is 1. The zero-order chi connectivity index (χ0) is 13.5. The lowest BCUT2D eigenvalue weighted by Crippen LogP contribution is -2.42. The number of nitrogens with one attached hydrogen (secondary N) is 1. The topological polar surface area (TPSA) is 55.1 Å². The number of nitrogens with two attached hydrogens (primary N) is 1. The standard InChI is InChI=1S/C15H22N2OS/c16-14(9-8-12-5-2-1-3-6-12)15(18)17-11-13-7-4-10-19-13/h1-3,5-6,13-14H,4,7-11,16H2,(H,17,18)/t13?,14-/m0/s1. The summed E-state index contributed by atoms with van der Waals surface area (Å²) in [7, 11) is 0. The van der Waals surface area contributed by atoms with E-state index in [9.17, 15) is 4.79 Å². The van der Waals surface area contributed by atoms with Crippen molar-refractivity contribution in [3.05, 3.63) is 35.9 Å². The lowest BCUT2D eigenvalue weighted by atomic mass is 10.1. The van der Waals surface area contributed by atoms with Gasteiger partial charge in [0.05, 0.1) is 6.04 Å². The minimum atomic E-state index is -0.397. The molecule has 0 bridgehead atoms. The van der Waals surface area contributed by atoms with E-state index < -0.39 is 6.04 Å². The molecule has 2 atom stereocenters. The van der Waals surface area contributed by atoms with Crippen molar-refractivity contribution in [1.29, 1.82) is 0 Å². The molecule has 0 radical (unpaired) electrons. The highest BCUT2D eigenvalue weighted by Gasteiger charge is 2.18. The first-order chi connectivity index (χ1) is 9.25. The van der Waals surface area contributed by atoms with E-state index in [2.05, 4.69) is 17.4 Å². The van der Waals surface area contributed by atoms with Gasteiger partial charge in [-0.3, -0.25) is 4.79 Å². The quantitative estimate of drug-likeness (QED) is 0.836. The van der Waals surface area contributed by atoms with E-state index in [1.54, 1.807) is 0 Å². The third-order valence-corrected chi connectivity index (χ3v) is 4.85. The van der Waals surface area contributed by atoms with Crippen molar-refractivity contribution in [3.63, 3.8) is 0 Å². The fourth-order valence-corrected chi connectivity index (χ4v) is 3.45. The monoisotopic (exact) mass is 278 g/mol. The average Bonchev–Trinajstić information content (AvgIpc) is 2.96. The van der Waals surface area contributed by atoms with Crippen LogP contribution in [0.2, 0.25) is 0 Å². The molecule has 1 unspecified atom stereocenters. The van der Waals surface area contributed by atoms with Crippen LogP contribution in [0.3, 0.4) is 0 Å². The van der Waals surface area contributed by atoms with Gasteiger partial charge in [0.1, 0.15) is 0 Å². The minimum absolute atomic E-state index is 0.0107. The van der Waals surface area contributed by atoms with Crippen molar-refractivity contribution < 1.29 is 4.79 Å². The molecule has 1 aliphatic heterocycles. The number of hydrogen-bond donors (Lipinski definition) is 2. The molecule has 0 saturated carbocycles. The van der Waals surface area contributed by atoms with Crippen molar-refractivity contribution in [2.45, 2.75) is 37.0 Å². The summed E-state index contributed by atoms with van der Waals surface area (Å²) in [6.45, 7) is 0.766. The van der Waals surface area contributed by atoms with Crippen molar-refractivity contribution >= 4 is 17.7 Å². The zero-order valence-corrected chi connectivity index (χ0v) is 12.0. The van der Waals surface area contributed by atoms with E-state index in [1.807, 2.05) is 30.0 Å². The molecule has 104 valence electrons. The Morgan fingerprint density at radius 2 is 2.21 bits per heavy atom. The van der Waals surface area contributed by atoms with Crippen LogP contribution >= 0.6 is 11.8 Å². The summed E-state index contributed by atoms with van der Waals surface area (Å²) in [5.74, 6) is 1.21. The third-order valence-electron chi connectivity index (χ3n) is 3.45. The molecule has 1 fully saturated rings. The van der Waals surface area contributed by atoms with Gasteiger partial charge in [0.2, 0.25) is 5.91 Å². The second-order valence-electron chi connectivity index (χ2n) is 5.01. The molecular weight excluding hydrogens is 256 g/mol. The molecule has 1 amide bonds. The van der Waals surface area contributed by atoms with Crippen molar-refractivity contribution in [1.82, 2.24) is 5.32 Å². The summed E-state index contributed by atoms with van der Waals surface area (Å²) in [5, 5.41) is 3.56. The maximum absolute atomic E-state index is 11.9. The predicted octanol–water partition coefficient (Wildman–Crippen LogP) is 1.96. The number of rotatable bonds is 6. The Labute approximate surface area is 119 Å².